The molecule has 0 unspecified atom stereocenters. The molecule has 1 aromatic carbocycles. The van der Waals surface area contributed by atoms with Crippen LogP contribution < -0.4 is 5.32 Å². The minimum atomic E-state index is -0.280. The van der Waals surface area contributed by atoms with Gasteiger partial charge in [0.1, 0.15) is 5.82 Å². The van der Waals surface area contributed by atoms with Gasteiger partial charge in [0.2, 0.25) is 5.91 Å². The molecule has 0 bridgehead atoms. The molecule has 1 aromatic rings. The zero-order valence-corrected chi connectivity index (χ0v) is 12.9. The molecule has 0 saturated carbocycles. The number of nitrogens with one attached hydrogen (secondary N) is 1. The molecule has 1 amide bonds. The summed E-state index contributed by atoms with van der Waals surface area (Å²) in [6.07, 6.45) is 7.16. The van der Waals surface area contributed by atoms with E-state index in [1.54, 1.807) is 30.0 Å². The lowest BCUT2D eigenvalue weighted by Crippen LogP contribution is -2.43. The first-order chi connectivity index (χ1) is 10.1. The second-order valence-corrected chi connectivity index (χ2v) is 6.38. The van der Waals surface area contributed by atoms with Gasteiger partial charge in [0.05, 0.1) is 0 Å². The van der Waals surface area contributed by atoms with Crippen molar-refractivity contribution < 1.29 is 13.9 Å². The maximum Gasteiger partial charge on any atom is 0.244 e. The molecule has 114 valence electrons. The van der Waals surface area contributed by atoms with E-state index in [1.807, 2.05) is 0 Å². The number of carbonyl (C=O) groups is 1. The van der Waals surface area contributed by atoms with Crippen molar-refractivity contribution in [1.29, 1.82) is 0 Å². The number of halogens is 1. The lowest BCUT2D eigenvalue weighted by Gasteiger charge is -2.35. The molecular formula is C16H20FNO2S. The van der Waals surface area contributed by atoms with E-state index in [1.165, 1.54) is 18.2 Å². The van der Waals surface area contributed by atoms with Crippen molar-refractivity contribution in [3.8, 4) is 0 Å². The van der Waals surface area contributed by atoms with Crippen molar-refractivity contribution in [3.05, 3.63) is 41.7 Å². The van der Waals surface area contributed by atoms with Crippen LogP contribution in [-0.2, 0) is 9.53 Å². The summed E-state index contributed by atoms with van der Waals surface area (Å²) in [5.41, 5.74) is 0.803. The summed E-state index contributed by atoms with van der Waals surface area (Å²) in [4.78, 5) is 11.9. The predicted octanol–water partition coefficient (Wildman–Crippen LogP) is 2.87. The lowest BCUT2D eigenvalue weighted by molar-refractivity contribution is -0.116. The van der Waals surface area contributed by atoms with E-state index in [0.717, 1.165) is 31.6 Å². The van der Waals surface area contributed by atoms with E-state index in [2.05, 4.69) is 11.6 Å². The quantitative estimate of drug-likeness (QED) is 0.850. The highest BCUT2D eigenvalue weighted by atomic mass is 32.2. The average Bonchev–Trinajstić information content (AvgIpc) is 2.53. The van der Waals surface area contributed by atoms with Crippen molar-refractivity contribution in [2.24, 2.45) is 0 Å². The molecular weight excluding hydrogens is 289 g/mol. The van der Waals surface area contributed by atoms with Crippen LogP contribution in [0.2, 0.25) is 0 Å². The van der Waals surface area contributed by atoms with E-state index in [-0.39, 0.29) is 16.5 Å². The second kappa shape index (κ2) is 7.61. The van der Waals surface area contributed by atoms with Crippen LogP contribution >= 0.6 is 11.8 Å². The highest BCUT2D eigenvalue weighted by Crippen LogP contribution is 2.32. The molecule has 1 heterocycles. The number of ether oxygens (including phenoxy) is 1. The van der Waals surface area contributed by atoms with Crippen LogP contribution in [0.25, 0.3) is 6.08 Å². The van der Waals surface area contributed by atoms with Crippen LogP contribution in [0.5, 0.6) is 0 Å². The molecule has 21 heavy (non-hydrogen) atoms. The zero-order chi connectivity index (χ0) is 15.1. The average molecular weight is 309 g/mol. The van der Waals surface area contributed by atoms with E-state index in [9.17, 15) is 9.18 Å². The Morgan fingerprint density at radius 3 is 2.67 bits per heavy atom. The summed E-state index contributed by atoms with van der Waals surface area (Å²) in [6, 6.07) is 6.03. The number of amides is 1. The molecule has 1 aliphatic rings. The van der Waals surface area contributed by atoms with Gasteiger partial charge in [-0.3, -0.25) is 4.79 Å². The number of thioether (sulfide) groups is 1. The Kier molecular flexibility index (Phi) is 5.82. The van der Waals surface area contributed by atoms with Crippen LogP contribution in [0.3, 0.4) is 0 Å². The van der Waals surface area contributed by atoms with Gasteiger partial charge < -0.3 is 10.1 Å². The molecule has 3 nitrogen and oxygen atoms in total. The molecule has 1 saturated heterocycles. The van der Waals surface area contributed by atoms with Gasteiger partial charge in [-0.15, -0.1) is 0 Å². The van der Waals surface area contributed by atoms with Crippen LogP contribution in [0.15, 0.2) is 30.3 Å². The third-order valence-electron chi connectivity index (χ3n) is 3.72. The van der Waals surface area contributed by atoms with Gasteiger partial charge in [0.25, 0.3) is 0 Å². The monoisotopic (exact) mass is 309 g/mol. The van der Waals surface area contributed by atoms with Gasteiger partial charge in [-0.25, -0.2) is 4.39 Å². The van der Waals surface area contributed by atoms with E-state index < -0.39 is 0 Å². The van der Waals surface area contributed by atoms with Gasteiger partial charge in [-0.05, 0) is 42.9 Å². The number of hydrogen-bond donors (Lipinski definition) is 1. The molecule has 0 aromatic heterocycles. The molecule has 5 heteroatoms. The molecule has 0 aliphatic carbocycles. The molecule has 0 radical (unpaired) electrons. The summed E-state index contributed by atoms with van der Waals surface area (Å²) in [5, 5.41) is 2.95. The third kappa shape index (κ3) is 4.86. The van der Waals surface area contributed by atoms with Crippen molar-refractivity contribution in [1.82, 2.24) is 5.32 Å². The first-order valence-electron chi connectivity index (χ1n) is 6.98. The fourth-order valence-corrected chi connectivity index (χ4v) is 3.04. The highest BCUT2D eigenvalue weighted by Gasteiger charge is 2.31. The summed E-state index contributed by atoms with van der Waals surface area (Å²) < 4.78 is 18.2. The van der Waals surface area contributed by atoms with Crippen LogP contribution in [0, 0.1) is 5.82 Å². The summed E-state index contributed by atoms with van der Waals surface area (Å²) in [5.74, 6) is -0.405. The Labute approximate surface area is 128 Å². The number of carbonyl (C=O) groups excluding carboxylic acids is 1. The molecule has 0 atom stereocenters. The number of hydrogen-bond acceptors (Lipinski definition) is 3. The predicted molar refractivity (Wildman–Crippen MR) is 84.7 cm³/mol. The van der Waals surface area contributed by atoms with Crippen LogP contribution in [0.4, 0.5) is 4.39 Å². The largest absolute Gasteiger partial charge is 0.381 e. The van der Waals surface area contributed by atoms with E-state index in [0.29, 0.717) is 6.54 Å². The third-order valence-corrected chi connectivity index (χ3v) is 5.14. The summed E-state index contributed by atoms with van der Waals surface area (Å²) >= 11 is 1.79. The Hall–Kier alpha value is -1.33. The van der Waals surface area contributed by atoms with Crippen molar-refractivity contribution in [2.45, 2.75) is 17.6 Å². The van der Waals surface area contributed by atoms with E-state index in [4.69, 9.17) is 4.74 Å². The minimum absolute atomic E-state index is 0.0810. The van der Waals surface area contributed by atoms with Gasteiger partial charge in [-0.1, -0.05) is 12.1 Å². The number of benzene rings is 1. The van der Waals surface area contributed by atoms with Gasteiger partial charge in [-0.2, -0.15) is 11.8 Å². The van der Waals surface area contributed by atoms with Gasteiger partial charge >= 0.3 is 0 Å². The maximum absolute atomic E-state index is 12.8. The Bertz CT molecular complexity index is 496. The zero-order valence-electron chi connectivity index (χ0n) is 12.1. The van der Waals surface area contributed by atoms with E-state index >= 15 is 0 Å². The first kappa shape index (κ1) is 16.0. The summed E-state index contributed by atoms with van der Waals surface area (Å²) in [6.45, 7) is 2.15. The van der Waals surface area contributed by atoms with Gasteiger partial charge in [0.15, 0.2) is 0 Å². The Morgan fingerprint density at radius 2 is 2.05 bits per heavy atom. The topological polar surface area (TPSA) is 38.3 Å². The Morgan fingerprint density at radius 1 is 1.38 bits per heavy atom. The molecule has 1 aliphatic heterocycles. The fraction of sp³-hybridized carbons (Fsp3) is 0.438. The maximum atomic E-state index is 12.8. The highest BCUT2D eigenvalue weighted by molar-refractivity contribution is 8.00. The standard InChI is InChI=1S/C16H20FNO2S/c1-21-16(8-10-20-11-9-16)12-18-15(19)7-4-13-2-5-14(17)6-3-13/h2-7H,8-12H2,1H3,(H,18,19). The normalized spacial score (nSPS) is 17.8. The van der Waals surface area contributed by atoms with Crippen LogP contribution in [0.1, 0.15) is 18.4 Å². The van der Waals surface area contributed by atoms with Crippen molar-refractivity contribution >= 4 is 23.7 Å². The molecule has 1 fully saturated rings. The minimum Gasteiger partial charge on any atom is -0.381 e. The molecule has 0 spiro atoms. The van der Waals surface area contributed by atoms with Gasteiger partial charge in [0, 0.05) is 30.6 Å². The summed E-state index contributed by atoms with van der Waals surface area (Å²) in [7, 11) is 0. The van der Waals surface area contributed by atoms with Crippen molar-refractivity contribution in [3.63, 3.8) is 0 Å². The lowest BCUT2D eigenvalue weighted by atomic mass is 9.99. The van der Waals surface area contributed by atoms with Crippen molar-refractivity contribution in [2.75, 3.05) is 26.0 Å². The second-order valence-electron chi connectivity index (χ2n) is 5.10. The fourth-order valence-electron chi connectivity index (χ4n) is 2.25. The SMILES string of the molecule is CSC1(CNC(=O)C=Cc2ccc(F)cc2)CCOCC1. The molecule has 1 N–H and O–H groups in total. The smallest absolute Gasteiger partial charge is 0.244 e. The Balaban J connectivity index is 1.85. The first-order valence-corrected chi connectivity index (χ1v) is 8.20. The molecule has 2 rings (SSSR count). The van der Waals surface area contributed by atoms with Crippen LogP contribution in [-0.4, -0.2) is 36.7 Å². The number of rotatable bonds is 5.